The van der Waals surface area contributed by atoms with Gasteiger partial charge in [0.2, 0.25) is 5.83 Å². The number of ether oxygens (including phenoxy) is 4. The first-order valence-corrected chi connectivity index (χ1v) is 53.3. The molecular weight excluding hydrogens is 2140 g/mol. The molecule has 8 aliphatic heterocycles. The summed E-state index contributed by atoms with van der Waals surface area (Å²) >= 11 is 36.2. The zero-order valence-corrected chi connectivity index (χ0v) is 79.1. The molecule has 8 unspecified atom stereocenters. The second-order valence-electron chi connectivity index (χ2n) is 25.3. The van der Waals surface area contributed by atoms with Crippen molar-refractivity contribution in [2.75, 3.05) is 38.2 Å². The highest BCUT2D eigenvalue weighted by Crippen LogP contribution is 2.69. The minimum absolute atomic E-state index is 0.0278. The number of hydrogen-bond acceptors (Lipinski definition) is 42. The van der Waals surface area contributed by atoms with Crippen LogP contribution in [0.25, 0.3) is 0 Å². The number of phosphoric acid groups is 10. The van der Waals surface area contributed by atoms with Crippen LogP contribution in [-0.2, 0) is 127 Å². The van der Waals surface area contributed by atoms with Crippen molar-refractivity contribution in [2.45, 2.75) is 133 Å². The van der Waals surface area contributed by atoms with E-state index in [2.05, 4.69) is 85.9 Å². The van der Waals surface area contributed by atoms with E-state index in [1.165, 1.54) is 33.2 Å². The minimum atomic E-state index is -5.71. The van der Waals surface area contributed by atoms with Crippen LogP contribution in [0.3, 0.4) is 0 Å². The number of carbonyl (C=O) groups is 2. The molecule has 60 nitrogen and oxygen atoms in total. The van der Waals surface area contributed by atoms with Crippen molar-refractivity contribution in [1.29, 1.82) is 0 Å². The van der Waals surface area contributed by atoms with Crippen molar-refractivity contribution in [3.63, 3.8) is 0 Å². The van der Waals surface area contributed by atoms with Gasteiger partial charge >= 0.3 is 94.7 Å². The summed E-state index contributed by atoms with van der Waals surface area (Å²) in [6.45, 7) is 15.1. The monoisotopic (exact) mass is 2220 g/mol. The Kier molecular flexibility index (Phi) is 44.8. The fraction of sp³-hybridized carbons (Fsp3) is 0.583. The number of aliphatic hydroxyl groups excluding tert-OH is 6. The summed E-state index contributed by atoms with van der Waals surface area (Å²) in [4.78, 5) is 172. The van der Waals surface area contributed by atoms with Gasteiger partial charge in [-0.25, -0.2) is 60.0 Å². The highest BCUT2D eigenvalue weighted by Gasteiger charge is 2.61. The Labute approximate surface area is 749 Å². The number of carbonyl (C=O) groups excluding carboxylic acids is 2. The van der Waals surface area contributed by atoms with Gasteiger partial charge in [-0.1, -0.05) is 53.0 Å². The zero-order valence-electron chi connectivity index (χ0n) is 63.8. The molecule has 8 aliphatic rings. The number of nitrogens with two attached hydrogens (primary N) is 2. The molecule has 736 valence electrons. The maximum absolute atomic E-state index is 13.5. The quantitative estimate of drug-likeness (QED) is 0.0320. The number of alkyl halides is 6. The predicted molar refractivity (Wildman–Crippen MR) is 426 cm³/mol. The van der Waals surface area contributed by atoms with Gasteiger partial charge in [0.1, 0.15) is 97.4 Å². The normalized spacial score (nSPS) is 31.6. The lowest BCUT2D eigenvalue weighted by Crippen LogP contribution is -2.47. The number of nitrogens with zero attached hydrogens (tertiary/aromatic N) is 6. The Morgan fingerprint density at radius 1 is 0.477 bits per heavy atom. The van der Waals surface area contributed by atoms with E-state index in [1.807, 2.05) is 0 Å². The van der Waals surface area contributed by atoms with E-state index in [0.717, 1.165) is 23.4 Å². The molecular formula is C48H80Cl6F2N10O50P12+2. The molecule has 4 fully saturated rings. The second-order valence-corrected chi connectivity index (χ2v) is 44.1. The van der Waals surface area contributed by atoms with Crippen LogP contribution in [0.2, 0.25) is 0 Å². The van der Waals surface area contributed by atoms with Crippen LogP contribution in [0.5, 0.6) is 0 Å². The second kappa shape index (κ2) is 47.8. The minimum Gasteiger partial charge on any atom is -0.393 e. The first kappa shape index (κ1) is 120. The lowest BCUT2D eigenvalue weighted by atomic mass is 9.92. The number of rotatable bonds is 34. The molecule has 28 N–H and O–H groups in total. The average molecular weight is 2220 g/mol. The summed E-state index contributed by atoms with van der Waals surface area (Å²) in [6.07, 6.45) is -1.56. The van der Waals surface area contributed by atoms with Crippen LogP contribution in [0, 0.1) is 0 Å². The smallest absolute Gasteiger partial charge is 0.393 e. The van der Waals surface area contributed by atoms with Crippen LogP contribution in [0.1, 0.15) is 39.5 Å². The molecule has 0 aliphatic carbocycles. The third-order valence-corrected chi connectivity index (χ3v) is 32.3. The Morgan fingerprint density at radius 3 is 1.12 bits per heavy atom. The molecule has 0 bridgehead atoms. The summed E-state index contributed by atoms with van der Waals surface area (Å²) in [6, 6.07) is 0. The van der Waals surface area contributed by atoms with Crippen molar-refractivity contribution in [3.05, 3.63) is 98.2 Å². The molecule has 8 heterocycles. The van der Waals surface area contributed by atoms with Crippen LogP contribution in [0.15, 0.2) is 108 Å². The van der Waals surface area contributed by atoms with E-state index >= 15 is 0 Å². The van der Waals surface area contributed by atoms with Crippen molar-refractivity contribution in [3.8, 4) is 0 Å². The molecule has 0 spiro atoms. The molecule has 24 atom stereocenters. The highest BCUT2D eigenvalue weighted by molar-refractivity contribution is 7.67. The largest absolute Gasteiger partial charge is 0.705 e. The summed E-state index contributed by atoms with van der Waals surface area (Å²) < 4.78 is 215. The molecule has 0 aromatic heterocycles. The van der Waals surface area contributed by atoms with Crippen LogP contribution < -0.4 is 22.1 Å². The summed E-state index contributed by atoms with van der Waals surface area (Å²) in [5, 5.41) is 60.7. The van der Waals surface area contributed by atoms with Gasteiger partial charge in [-0.3, -0.25) is 28.4 Å². The molecule has 80 heteroatoms. The lowest BCUT2D eigenvalue weighted by molar-refractivity contribution is -0.138. The maximum atomic E-state index is 13.5. The average Bonchev–Trinajstić information content (AvgIpc) is 1.56. The fourth-order valence-corrected chi connectivity index (χ4v) is 23.4. The number of amides is 2. The molecule has 4 saturated heterocycles. The third-order valence-electron chi connectivity index (χ3n) is 15.9. The van der Waals surface area contributed by atoms with Crippen molar-refractivity contribution in [2.24, 2.45) is 21.5 Å². The first-order valence-electron chi connectivity index (χ1n) is 33.1. The number of amidine groups is 2. The Morgan fingerprint density at radius 2 is 0.789 bits per heavy atom. The lowest BCUT2D eigenvalue weighted by Gasteiger charge is -2.35. The highest BCUT2D eigenvalue weighted by atomic mass is 35.5. The molecule has 0 aromatic carbocycles. The summed E-state index contributed by atoms with van der Waals surface area (Å²) in [7, 11) is -61.1. The maximum Gasteiger partial charge on any atom is 0.705 e. The van der Waals surface area contributed by atoms with Gasteiger partial charge < -0.3 is 150 Å². The Hall–Kier alpha value is -2.34. The Balaban J connectivity index is 0.000000411. The van der Waals surface area contributed by atoms with Crippen molar-refractivity contribution in [1.82, 2.24) is 30.2 Å². The van der Waals surface area contributed by atoms with Gasteiger partial charge in [-0.15, -0.1) is 79.4 Å². The standard InChI is InChI=1S/C13H23ClN3O12P3.C13H22ClN2O13P3.C11H14Cl2FN3O3.C11H13Cl2FN2O4.2H3O9P3/c1-3-5-13(7-26-31(22,23)29-32(24,25)28-30(19,20)21)11(18)10(14)12(27-13)17-6-4-9(15)16-8(17)2;1-3-5-13(7-26-31(22,23)29-32(24,25)28-30(19,20)21)11(18)10(14)12(27-13)16-6-4-9(17)15-8(16)2;1-5-16-9(15)6(14)2-17(5)10-7(13)8(19)11(3-12,4-18)20-10;1-5-15-9(19)6(14)2-16(5)10-7(13)8(18)11(3-12,4-17)20-10;2*1-10(2)8-12(6,7)9-11(3,4)5/h4,6,10-12,18H,2-3,5,7H2,1H3,(H2,15,16)(H,22,23)(H,24,25)(H2,19,20,21);4,6,10-12,18H,2-3,5,7H2,1H3,(H,15,17)(H,22,23)(H,24,25)(H2,19,20,21);2,7-8,10,18-19H,1,3-4H2,(H2,15,16);2,7-8,10,17-18H,1,3-4H2,(H,15,19);2*(H3-,1,2,3,4,5,6,7)/p+2/t2*10-,11+,12-,13-;2*7-,8+,10-,11-;;/m1111../s1. The van der Waals surface area contributed by atoms with Crippen LogP contribution in [0.4, 0.5) is 8.78 Å². The molecule has 0 saturated carbocycles. The van der Waals surface area contributed by atoms with Gasteiger partial charge in [-0.05, 0) is 27.5 Å². The van der Waals surface area contributed by atoms with E-state index in [0.29, 0.717) is 12.8 Å². The van der Waals surface area contributed by atoms with Crippen molar-refractivity contribution < 1.29 is 245 Å². The van der Waals surface area contributed by atoms with E-state index in [4.69, 9.17) is 163 Å². The van der Waals surface area contributed by atoms with E-state index in [9.17, 15) is 123 Å². The van der Waals surface area contributed by atoms with Gasteiger partial charge in [-0.2, -0.15) is 30.3 Å². The molecule has 0 radical (unpaired) electrons. The summed E-state index contributed by atoms with van der Waals surface area (Å²) in [5.74, 6) is -3.34. The SMILES string of the molecule is C=C1N=C(N)C(F)=CN1[C@@H]1O[C@@](CO)(CCl)[C@@H](O)[C@H]1Cl.C=C1N=C(N)C=CN1[C@@H]1O[C@](CCC)(COP(=O)(O)OP(=O)(O)OP(=O)(O)O)[C@@H](O)[C@H]1Cl.C=C1NC(=O)C(F)=CN1[C@@H]1O[C@@](CO)(CCl)[C@@H](O)[C@H]1Cl.C=C1NC(=O)C=CN1[C@@H]1O[C@](CCC)(COP(=O)(O)OP(=O)(O)OP(=O)(O)O)[C@@H](O)[C@H]1Cl.O=[P+](O)OP(=O)(O)OP(=O)(O)O.O=[P+](O)OP(=O)(O)OP(=O)(O)O. The molecule has 128 heavy (non-hydrogen) atoms. The topological polar surface area (TPSA) is 927 Å². The number of aliphatic imine (C=N–C) groups is 2. The van der Waals surface area contributed by atoms with Gasteiger partial charge in [0.25, 0.3) is 11.8 Å². The van der Waals surface area contributed by atoms with E-state index < -0.39 is 238 Å². The number of halogens is 8. The number of aliphatic hydroxyl groups is 6. The number of nitrogens with one attached hydrogen (secondary N) is 2. The number of phosphoric ester groups is 2. The van der Waals surface area contributed by atoms with Crippen LogP contribution >= 0.6 is 164 Å². The zero-order chi connectivity index (χ0) is 99.2. The van der Waals surface area contributed by atoms with Crippen molar-refractivity contribution >= 4 is 188 Å². The number of hydrogen-bond donors (Lipinski definition) is 26. The first-order chi connectivity index (χ1) is 58.0. The third kappa shape index (κ3) is 35.9. The Bertz CT molecular complexity index is 4730. The van der Waals surface area contributed by atoms with E-state index in [1.54, 1.807) is 13.8 Å². The summed E-state index contributed by atoms with van der Waals surface area (Å²) in [5.41, 5.74) is 4.65. The predicted octanol–water partition coefficient (Wildman–Crippen LogP) is 1.42. The van der Waals surface area contributed by atoms with Gasteiger partial charge in [0.05, 0.1) is 38.2 Å². The molecule has 0 aromatic rings. The molecule has 2 amide bonds. The van der Waals surface area contributed by atoms with E-state index in [-0.39, 0.29) is 59.6 Å². The van der Waals surface area contributed by atoms with Gasteiger partial charge in [0.15, 0.2) is 36.6 Å². The fourth-order valence-electron chi connectivity index (χ4n) is 10.7. The van der Waals surface area contributed by atoms with Crippen LogP contribution in [-0.4, -0.2) is 283 Å². The van der Waals surface area contributed by atoms with Gasteiger partial charge in [0, 0.05) is 40.0 Å². The molecule has 8 rings (SSSR count).